The van der Waals surface area contributed by atoms with E-state index in [0.29, 0.717) is 6.54 Å². The second-order valence-electron chi connectivity index (χ2n) is 8.01. The molecule has 1 unspecified atom stereocenters. The number of benzene rings is 1. The summed E-state index contributed by atoms with van der Waals surface area (Å²) in [6, 6.07) is 8.06. The van der Waals surface area contributed by atoms with Crippen molar-refractivity contribution >= 4 is 11.6 Å². The third kappa shape index (κ3) is 5.88. The molecular formula is C18H30N2O. The van der Waals surface area contributed by atoms with Gasteiger partial charge in [-0.3, -0.25) is 4.79 Å². The first kappa shape index (κ1) is 17.7. The highest BCUT2D eigenvalue weighted by atomic mass is 16.1. The third-order valence-corrected chi connectivity index (χ3v) is 3.53. The Labute approximate surface area is 129 Å². The Hall–Kier alpha value is -1.35. The molecule has 0 aliphatic carbocycles. The first-order valence-corrected chi connectivity index (χ1v) is 7.64. The molecule has 0 saturated heterocycles. The minimum absolute atomic E-state index is 0.0101. The summed E-state index contributed by atoms with van der Waals surface area (Å²) in [7, 11) is 0. The quantitative estimate of drug-likeness (QED) is 0.882. The first-order valence-electron chi connectivity index (χ1n) is 7.64. The minimum Gasteiger partial charge on any atom is -0.330 e. The molecule has 0 bridgehead atoms. The van der Waals surface area contributed by atoms with Crippen LogP contribution in [0, 0.1) is 11.3 Å². The molecular weight excluding hydrogens is 260 g/mol. The maximum atomic E-state index is 12.3. The summed E-state index contributed by atoms with van der Waals surface area (Å²) in [5.74, 6) is -0.136. The van der Waals surface area contributed by atoms with Crippen molar-refractivity contribution in [2.75, 3.05) is 11.9 Å². The Kier molecular flexibility index (Phi) is 5.57. The first-order chi connectivity index (χ1) is 9.53. The second kappa shape index (κ2) is 6.61. The van der Waals surface area contributed by atoms with Gasteiger partial charge < -0.3 is 11.1 Å². The zero-order valence-corrected chi connectivity index (χ0v) is 14.3. The largest absolute Gasteiger partial charge is 0.330 e. The van der Waals surface area contributed by atoms with E-state index in [2.05, 4.69) is 59.0 Å². The zero-order valence-electron chi connectivity index (χ0n) is 14.3. The van der Waals surface area contributed by atoms with E-state index in [0.717, 1.165) is 12.1 Å². The number of rotatable bonds is 4. The van der Waals surface area contributed by atoms with E-state index in [1.54, 1.807) is 0 Å². The van der Waals surface area contributed by atoms with Crippen LogP contribution in [0.1, 0.15) is 53.5 Å². The molecule has 21 heavy (non-hydrogen) atoms. The van der Waals surface area contributed by atoms with Crippen molar-refractivity contribution in [3.05, 3.63) is 29.8 Å². The lowest BCUT2D eigenvalue weighted by molar-refractivity contribution is -0.120. The Balaban J connectivity index is 2.74. The van der Waals surface area contributed by atoms with Crippen molar-refractivity contribution in [2.24, 2.45) is 17.1 Å². The van der Waals surface area contributed by atoms with Gasteiger partial charge in [-0.1, -0.05) is 53.7 Å². The molecule has 118 valence electrons. The molecule has 0 radical (unpaired) electrons. The van der Waals surface area contributed by atoms with E-state index < -0.39 is 0 Å². The van der Waals surface area contributed by atoms with Gasteiger partial charge in [0.1, 0.15) is 0 Å². The zero-order chi connectivity index (χ0) is 16.3. The predicted octanol–water partition coefficient (Wildman–Crippen LogP) is 3.93. The van der Waals surface area contributed by atoms with Gasteiger partial charge in [0.05, 0.1) is 5.92 Å². The number of carbonyl (C=O) groups excluding carboxylic acids is 1. The Morgan fingerprint density at radius 2 is 1.62 bits per heavy atom. The van der Waals surface area contributed by atoms with E-state index >= 15 is 0 Å². The van der Waals surface area contributed by atoms with Gasteiger partial charge in [-0.25, -0.2) is 0 Å². The minimum atomic E-state index is -0.146. The summed E-state index contributed by atoms with van der Waals surface area (Å²) in [5, 5.41) is 2.98. The van der Waals surface area contributed by atoms with E-state index in [9.17, 15) is 4.79 Å². The molecule has 3 N–H and O–H groups in total. The SMILES string of the molecule is CC(C)(C)CC(CN)C(=O)Nc1ccc(C(C)(C)C)cc1. The molecule has 1 amide bonds. The fourth-order valence-corrected chi connectivity index (χ4v) is 2.32. The van der Waals surface area contributed by atoms with Gasteiger partial charge in [-0.2, -0.15) is 0 Å². The molecule has 0 heterocycles. The van der Waals surface area contributed by atoms with Crippen LogP contribution in [-0.2, 0) is 10.2 Å². The van der Waals surface area contributed by atoms with Crippen LogP contribution in [0.4, 0.5) is 5.69 Å². The molecule has 0 aromatic heterocycles. The van der Waals surface area contributed by atoms with Gasteiger partial charge >= 0.3 is 0 Å². The fraction of sp³-hybridized carbons (Fsp3) is 0.611. The Morgan fingerprint density at radius 3 is 2.00 bits per heavy atom. The summed E-state index contributed by atoms with van der Waals surface area (Å²) in [5.41, 5.74) is 8.06. The molecule has 1 aromatic carbocycles. The number of nitrogens with one attached hydrogen (secondary N) is 1. The summed E-state index contributed by atoms with van der Waals surface area (Å²) in [6.45, 7) is 13.3. The van der Waals surface area contributed by atoms with Crippen molar-refractivity contribution < 1.29 is 4.79 Å². The average molecular weight is 290 g/mol. The third-order valence-electron chi connectivity index (χ3n) is 3.53. The summed E-state index contributed by atoms with van der Waals surface area (Å²) in [6.07, 6.45) is 0.787. The van der Waals surface area contributed by atoms with E-state index in [4.69, 9.17) is 5.73 Å². The van der Waals surface area contributed by atoms with Crippen LogP contribution < -0.4 is 11.1 Å². The van der Waals surface area contributed by atoms with Gasteiger partial charge in [0, 0.05) is 12.2 Å². The van der Waals surface area contributed by atoms with Gasteiger partial charge in [0.2, 0.25) is 5.91 Å². The van der Waals surface area contributed by atoms with Crippen LogP contribution in [0.15, 0.2) is 24.3 Å². The van der Waals surface area contributed by atoms with Crippen molar-refractivity contribution in [1.29, 1.82) is 0 Å². The van der Waals surface area contributed by atoms with Crippen molar-refractivity contribution in [1.82, 2.24) is 0 Å². The van der Waals surface area contributed by atoms with Crippen LogP contribution in [-0.4, -0.2) is 12.5 Å². The molecule has 1 aromatic rings. The van der Waals surface area contributed by atoms with E-state index in [1.165, 1.54) is 5.56 Å². The number of hydrogen-bond donors (Lipinski definition) is 2. The number of carbonyl (C=O) groups is 1. The molecule has 0 aliphatic rings. The topological polar surface area (TPSA) is 55.1 Å². The lowest BCUT2D eigenvalue weighted by Crippen LogP contribution is -2.32. The molecule has 3 nitrogen and oxygen atoms in total. The van der Waals surface area contributed by atoms with Crippen LogP contribution >= 0.6 is 0 Å². The summed E-state index contributed by atoms with van der Waals surface area (Å²) in [4.78, 5) is 12.3. The molecule has 0 spiro atoms. The molecule has 0 fully saturated rings. The highest BCUT2D eigenvalue weighted by Gasteiger charge is 2.23. The summed E-state index contributed by atoms with van der Waals surface area (Å²) < 4.78 is 0. The maximum absolute atomic E-state index is 12.3. The molecule has 1 atom stereocenters. The summed E-state index contributed by atoms with van der Waals surface area (Å²) >= 11 is 0. The van der Waals surface area contributed by atoms with Crippen molar-refractivity contribution in [3.8, 4) is 0 Å². The normalized spacial score (nSPS) is 13.9. The monoisotopic (exact) mass is 290 g/mol. The van der Waals surface area contributed by atoms with Gasteiger partial charge in [0.25, 0.3) is 0 Å². The lowest BCUT2D eigenvalue weighted by Gasteiger charge is -2.24. The highest BCUT2D eigenvalue weighted by molar-refractivity contribution is 5.92. The predicted molar refractivity (Wildman–Crippen MR) is 90.4 cm³/mol. The van der Waals surface area contributed by atoms with E-state index in [1.807, 2.05) is 12.1 Å². The molecule has 0 aliphatic heterocycles. The molecule has 3 heteroatoms. The van der Waals surface area contributed by atoms with Gasteiger partial charge in [-0.05, 0) is 34.9 Å². The van der Waals surface area contributed by atoms with Crippen LogP contribution in [0.5, 0.6) is 0 Å². The Bertz CT molecular complexity index is 463. The molecule has 1 rings (SSSR count). The van der Waals surface area contributed by atoms with Crippen molar-refractivity contribution in [3.63, 3.8) is 0 Å². The lowest BCUT2D eigenvalue weighted by atomic mass is 9.84. The number of nitrogens with two attached hydrogens (primary N) is 1. The molecule has 0 saturated carbocycles. The Morgan fingerprint density at radius 1 is 1.10 bits per heavy atom. The average Bonchev–Trinajstić information content (AvgIpc) is 2.34. The van der Waals surface area contributed by atoms with Crippen LogP contribution in [0.3, 0.4) is 0 Å². The number of anilines is 1. The smallest absolute Gasteiger partial charge is 0.228 e. The van der Waals surface area contributed by atoms with Gasteiger partial charge in [0.15, 0.2) is 0 Å². The maximum Gasteiger partial charge on any atom is 0.228 e. The van der Waals surface area contributed by atoms with Crippen LogP contribution in [0.25, 0.3) is 0 Å². The second-order valence-corrected chi connectivity index (χ2v) is 8.01. The fourth-order valence-electron chi connectivity index (χ4n) is 2.32. The van der Waals surface area contributed by atoms with Crippen LogP contribution in [0.2, 0.25) is 0 Å². The number of hydrogen-bond acceptors (Lipinski definition) is 2. The standard InChI is InChI=1S/C18H30N2O/c1-17(2,3)11-13(12-19)16(21)20-15-9-7-14(8-10-15)18(4,5)6/h7-10,13H,11-12,19H2,1-6H3,(H,20,21). The van der Waals surface area contributed by atoms with Crippen molar-refractivity contribution in [2.45, 2.75) is 53.4 Å². The van der Waals surface area contributed by atoms with E-state index in [-0.39, 0.29) is 22.7 Å². The van der Waals surface area contributed by atoms with Gasteiger partial charge in [-0.15, -0.1) is 0 Å². The highest BCUT2D eigenvalue weighted by Crippen LogP contribution is 2.26. The number of amides is 1.